The Labute approximate surface area is 223 Å². The van der Waals surface area contributed by atoms with Crippen molar-refractivity contribution in [2.45, 2.75) is 68.5 Å². The lowest BCUT2D eigenvalue weighted by molar-refractivity contribution is -0.240. The Morgan fingerprint density at radius 2 is 1.95 bits per heavy atom. The maximum absolute atomic E-state index is 13.7. The van der Waals surface area contributed by atoms with Gasteiger partial charge >= 0.3 is 0 Å². The molecular formula is C27H31NO11. The summed E-state index contributed by atoms with van der Waals surface area (Å²) in [5, 5.41) is 53.9. The van der Waals surface area contributed by atoms with Crippen LogP contribution in [0.15, 0.2) is 40.7 Å². The summed E-state index contributed by atoms with van der Waals surface area (Å²) in [6.07, 6.45) is -6.66. The average Bonchev–Trinajstić information content (AvgIpc) is 2.90. The monoisotopic (exact) mass is 545 g/mol. The zero-order valence-electron chi connectivity index (χ0n) is 21.4. The highest BCUT2D eigenvalue weighted by Gasteiger charge is 2.55. The van der Waals surface area contributed by atoms with E-state index in [4.69, 9.17) is 19.9 Å². The zero-order chi connectivity index (χ0) is 28.4. The van der Waals surface area contributed by atoms with Gasteiger partial charge in [-0.15, -0.1) is 0 Å². The molecule has 1 aromatic carbocycles. The van der Waals surface area contributed by atoms with Gasteiger partial charge in [-0.2, -0.15) is 0 Å². The average molecular weight is 546 g/mol. The van der Waals surface area contributed by atoms with E-state index in [0.717, 1.165) is 0 Å². The summed E-state index contributed by atoms with van der Waals surface area (Å²) in [6.45, 7) is 0.583. The number of fused-ring (bicyclic) bond motifs is 2. The van der Waals surface area contributed by atoms with Gasteiger partial charge in [0.15, 0.2) is 23.6 Å². The third kappa shape index (κ3) is 4.23. The van der Waals surface area contributed by atoms with E-state index in [9.17, 15) is 39.9 Å². The van der Waals surface area contributed by atoms with Gasteiger partial charge in [0, 0.05) is 36.4 Å². The van der Waals surface area contributed by atoms with Crippen molar-refractivity contribution in [3.8, 4) is 5.75 Å². The standard InChI is InChI=1S/C27H31NO11/c1-10-22(31)13(28)6-17(38-10)39-15-8-27(36,16(30)9-29)7-12-19(15)26(35)21-20(24(12)33)23(32)11-4-3-5-14(37-2)18(11)25(21)34/h3-5,10,13,15,17,20,22,24,29,31,33,35-36H,6-9,28H2,1-2H3/t10-,13-,15?,17-,20?,22-,24?,27-/m0/s1. The fourth-order valence-electron chi connectivity index (χ4n) is 6.12. The SMILES string of the molecule is COc1cccc2c1C(=O)C1=C(O)C3=C(C[C@@](O)(C(=O)CO)CC3O[C@H]3C[C@H](N)[C@@H](O)[C@H](C)O3)C(O)C1C2=O. The molecule has 0 saturated carbocycles. The Kier molecular flexibility index (Phi) is 7.00. The number of carbonyl (C=O) groups excluding carboxylic acids is 3. The van der Waals surface area contributed by atoms with E-state index >= 15 is 0 Å². The van der Waals surface area contributed by atoms with Gasteiger partial charge in [-0.3, -0.25) is 14.4 Å². The molecule has 12 heteroatoms. The molecule has 0 spiro atoms. The summed E-state index contributed by atoms with van der Waals surface area (Å²) in [7, 11) is 1.33. The highest BCUT2D eigenvalue weighted by atomic mass is 16.7. The van der Waals surface area contributed by atoms with Crippen LogP contribution in [0.5, 0.6) is 5.75 Å². The fourth-order valence-corrected chi connectivity index (χ4v) is 6.12. The van der Waals surface area contributed by atoms with Crippen LogP contribution in [-0.4, -0.2) is 98.9 Å². The van der Waals surface area contributed by atoms with Gasteiger partial charge in [0.1, 0.15) is 23.7 Å². The van der Waals surface area contributed by atoms with E-state index in [1.54, 1.807) is 6.92 Å². The van der Waals surface area contributed by atoms with E-state index < -0.39 is 90.8 Å². The molecule has 12 nitrogen and oxygen atoms in total. The number of hydrogen-bond acceptors (Lipinski definition) is 12. The van der Waals surface area contributed by atoms with Gasteiger partial charge in [-0.05, 0) is 18.6 Å². The van der Waals surface area contributed by atoms with Gasteiger partial charge in [-0.25, -0.2) is 0 Å². The van der Waals surface area contributed by atoms with Crippen molar-refractivity contribution in [1.82, 2.24) is 0 Å². The Balaban J connectivity index is 1.64. The number of carbonyl (C=O) groups is 3. The predicted octanol–water partition coefficient (Wildman–Crippen LogP) is -0.532. The number of Topliss-reactive ketones (excluding diaryl/α,β-unsaturated/α-hetero) is 3. The summed E-state index contributed by atoms with van der Waals surface area (Å²) in [5.41, 5.74) is 3.29. The minimum absolute atomic E-state index is 0.00597. The summed E-state index contributed by atoms with van der Waals surface area (Å²) in [6, 6.07) is 3.72. The van der Waals surface area contributed by atoms with E-state index in [1.807, 2.05) is 0 Å². The maximum atomic E-state index is 13.7. The van der Waals surface area contributed by atoms with Gasteiger partial charge in [0.2, 0.25) is 0 Å². The molecular weight excluding hydrogens is 514 g/mol. The molecule has 3 unspecified atom stereocenters. The Morgan fingerprint density at radius 1 is 1.23 bits per heavy atom. The van der Waals surface area contributed by atoms with E-state index in [1.165, 1.54) is 25.3 Å². The van der Waals surface area contributed by atoms with Crippen LogP contribution < -0.4 is 10.5 Å². The summed E-state index contributed by atoms with van der Waals surface area (Å²) in [4.78, 5) is 39.8. The van der Waals surface area contributed by atoms with Crippen molar-refractivity contribution in [3.05, 3.63) is 51.8 Å². The molecule has 0 bridgehead atoms. The van der Waals surface area contributed by atoms with E-state index in [-0.39, 0.29) is 40.0 Å². The lowest BCUT2D eigenvalue weighted by Crippen LogP contribution is -2.55. The Morgan fingerprint density at radius 3 is 2.59 bits per heavy atom. The second-order valence-electron chi connectivity index (χ2n) is 10.5. The molecule has 1 heterocycles. The highest BCUT2D eigenvalue weighted by Crippen LogP contribution is 2.50. The number of nitrogens with two attached hydrogens (primary N) is 1. The quantitative estimate of drug-likeness (QED) is 0.276. The molecule has 4 aliphatic rings. The number of aliphatic hydroxyl groups is 5. The molecule has 210 valence electrons. The molecule has 0 radical (unpaired) electrons. The van der Waals surface area contributed by atoms with Crippen LogP contribution in [0.2, 0.25) is 0 Å². The molecule has 0 amide bonds. The topological polar surface area (TPSA) is 206 Å². The third-order valence-corrected chi connectivity index (χ3v) is 8.16. The van der Waals surface area contributed by atoms with Crippen LogP contribution in [-0.2, 0) is 14.3 Å². The Bertz CT molecular complexity index is 1290. The summed E-state index contributed by atoms with van der Waals surface area (Å²) >= 11 is 0. The van der Waals surface area contributed by atoms with Crippen LogP contribution >= 0.6 is 0 Å². The highest BCUT2D eigenvalue weighted by molar-refractivity contribution is 6.25. The van der Waals surface area contributed by atoms with E-state index in [0.29, 0.717) is 0 Å². The number of methoxy groups -OCH3 is 1. The first-order valence-electron chi connectivity index (χ1n) is 12.6. The van der Waals surface area contributed by atoms with Gasteiger partial charge in [0.25, 0.3) is 0 Å². The van der Waals surface area contributed by atoms with Crippen LogP contribution in [0, 0.1) is 5.92 Å². The molecule has 1 fully saturated rings. The van der Waals surface area contributed by atoms with E-state index in [2.05, 4.69) is 0 Å². The number of hydrogen-bond donors (Lipinski definition) is 6. The number of benzene rings is 1. The van der Waals surface area contributed by atoms with Gasteiger partial charge in [0.05, 0.1) is 48.6 Å². The molecule has 1 aliphatic heterocycles. The van der Waals surface area contributed by atoms with Crippen LogP contribution in [0.3, 0.4) is 0 Å². The molecule has 1 aromatic rings. The third-order valence-electron chi connectivity index (χ3n) is 8.16. The lowest BCUT2D eigenvalue weighted by Gasteiger charge is -2.46. The van der Waals surface area contributed by atoms with Gasteiger partial charge < -0.3 is 45.5 Å². The number of rotatable bonds is 5. The molecule has 0 aromatic heterocycles. The molecule has 7 N–H and O–H groups in total. The largest absolute Gasteiger partial charge is 0.507 e. The Hall–Kier alpha value is -2.97. The second kappa shape index (κ2) is 9.89. The van der Waals surface area contributed by atoms with Crippen molar-refractivity contribution in [2.24, 2.45) is 11.7 Å². The molecule has 5 rings (SSSR count). The fraction of sp³-hybridized carbons (Fsp3) is 0.519. The van der Waals surface area contributed by atoms with Crippen molar-refractivity contribution < 1.29 is 54.1 Å². The summed E-state index contributed by atoms with van der Waals surface area (Å²) in [5.74, 6) is -4.29. The van der Waals surface area contributed by atoms with Crippen LogP contribution in [0.25, 0.3) is 0 Å². The van der Waals surface area contributed by atoms with Crippen molar-refractivity contribution >= 4 is 17.3 Å². The molecule has 8 atom stereocenters. The minimum atomic E-state index is -2.21. The molecule has 3 aliphatic carbocycles. The first-order valence-corrected chi connectivity index (χ1v) is 12.6. The predicted molar refractivity (Wildman–Crippen MR) is 132 cm³/mol. The summed E-state index contributed by atoms with van der Waals surface area (Å²) < 4.78 is 17.0. The maximum Gasteiger partial charge on any atom is 0.198 e. The van der Waals surface area contributed by atoms with Crippen LogP contribution in [0.1, 0.15) is 46.9 Å². The minimum Gasteiger partial charge on any atom is -0.507 e. The molecule has 1 saturated heterocycles. The number of ketones is 3. The second-order valence-corrected chi connectivity index (χ2v) is 10.5. The first kappa shape index (κ1) is 27.6. The normalized spacial score (nSPS) is 36.3. The lowest BCUT2D eigenvalue weighted by atomic mass is 9.64. The number of ether oxygens (including phenoxy) is 3. The van der Waals surface area contributed by atoms with Gasteiger partial charge in [-0.1, -0.05) is 12.1 Å². The van der Waals surface area contributed by atoms with Crippen molar-refractivity contribution in [1.29, 1.82) is 0 Å². The first-order chi connectivity index (χ1) is 18.4. The van der Waals surface area contributed by atoms with Crippen molar-refractivity contribution in [3.63, 3.8) is 0 Å². The van der Waals surface area contributed by atoms with Crippen LogP contribution in [0.4, 0.5) is 0 Å². The number of aliphatic hydroxyl groups excluding tert-OH is 4. The molecule has 39 heavy (non-hydrogen) atoms. The zero-order valence-corrected chi connectivity index (χ0v) is 21.4. The smallest absolute Gasteiger partial charge is 0.198 e. The van der Waals surface area contributed by atoms with Crippen molar-refractivity contribution in [2.75, 3.05) is 13.7 Å².